The van der Waals surface area contributed by atoms with E-state index in [0.717, 1.165) is 11.1 Å². The van der Waals surface area contributed by atoms with Crippen LogP contribution in [0.15, 0.2) is 42.5 Å². The van der Waals surface area contributed by atoms with Crippen LogP contribution in [0.1, 0.15) is 21.5 Å². The molecule has 0 saturated heterocycles. The average molecular weight is 271 g/mol. The summed E-state index contributed by atoms with van der Waals surface area (Å²) in [7, 11) is 0. The minimum absolute atomic E-state index is 0.0653. The standard InChI is InChI=1S/C15H14N2O3/c1-10-3-6-12(7-4-10)16-15(18)13-9-11(2)5-8-14(13)17(19)20/h3-9H,1-2H3,(H,16,18)/i17+1. The van der Waals surface area contributed by atoms with E-state index in [9.17, 15) is 14.9 Å². The molecule has 0 atom stereocenters. The van der Waals surface area contributed by atoms with E-state index in [4.69, 9.17) is 0 Å². The Kier molecular flexibility index (Phi) is 3.79. The van der Waals surface area contributed by atoms with E-state index in [1.165, 1.54) is 12.1 Å². The Balaban J connectivity index is 2.31. The first kappa shape index (κ1) is 13.7. The Labute approximate surface area is 116 Å². The van der Waals surface area contributed by atoms with Gasteiger partial charge in [-0.2, -0.15) is 0 Å². The van der Waals surface area contributed by atoms with Crippen LogP contribution in [0.3, 0.4) is 0 Å². The number of nitrogens with one attached hydrogen (secondary N) is 1. The molecule has 2 aromatic carbocycles. The summed E-state index contributed by atoms with van der Waals surface area (Å²) in [6, 6.07) is 11.7. The van der Waals surface area contributed by atoms with Crippen LogP contribution in [0, 0.1) is 24.0 Å². The maximum absolute atomic E-state index is 12.2. The van der Waals surface area contributed by atoms with Gasteiger partial charge in [0.25, 0.3) is 11.6 Å². The summed E-state index contributed by atoms with van der Waals surface area (Å²) in [4.78, 5) is 22.6. The molecule has 5 nitrogen and oxygen atoms in total. The zero-order valence-corrected chi connectivity index (χ0v) is 11.2. The summed E-state index contributed by atoms with van der Waals surface area (Å²) >= 11 is 0. The highest BCUT2D eigenvalue weighted by atomic mass is 16.9. The van der Waals surface area contributed by atoms with Crippen LogP contribution in [0.25, 0.3) is 0 Å². The molecule has 0 unspecified atom stereocenters. The number of amides is 1. The summed E-state index contributed by atoms with van der Waals surface area (Å²) in [5, 5.41) is 13.6. The molecule has 0 radical (unpaired) electrons. The Morgan fingerprint density at radius 1 is 1.05 bits per heavy atom. The van der Waals surface area contributed by atoms with Crippen molar-refractivity contribution in [2.24, 2.45) is 0 Å². The lowest BCUT2D eigenvalue weighted by molar-refractivity contribution is -0.385. The molecule has 1 amide bonds. The van der Waals surface area contributed by atoms with E-state index in [0.29, 0.717) is 5.69 Å². The van der Waals surface area contributed by atoms with E-state index >= 15 is 0 Å². The van der Waals surface area contributed by atoms with Gasteiger partial charge in [-0.1, -0.05) is 23.8 Å². The lowest BCUT2D eigenvalue weighted by Crippen LogP contribution is -2.14. The second-order valence-corrected chi connectivity index (χ2v) is 4.60. The van der Waals surface area contributed by atoms with Crippen LogP contribution in [-0.2, 0) is 0 Å². The number of carbonyl (C=O) groups excluding carboxylic acids is 1. The summed E-state index contributed by atoms with van der Waals surface area (Å²) < 4.78 is 0. The first-order chi connectivity index (χ1) is 9.47. The molecule has 0 spiro atoms. The first-order valence-electron chi connectivity index (χ1n) is 6.10. The third-order valence-electron chi connectivity index (χ3n) is 2.90. The van der Waals surface area contributed by atoms with E-state index in [1.807, 2.05) is 19.1 Å². The molecule has 0 aromatic heterocycles. The predicted molar refractivity (Wildman–Crippen MR) is 77.0 cm³/mol. The summed E-state index contributed by atoms with van der Waals surface area (Å²) in [5.74, 6) is -0.482. The fourth-order valence-corrected chi connectivity index (χ4v) is 1.83. The van der Waals surface area contributed by atoms with Gasteiger partial charge in [0.1, 0.15) is 5.56 Å². The van der Waals surface area contributed by atoms with Gasteiger partial charge in [-0.15, -0.1) is 0 Å². The normalized spacial score (nSPS) is 10.1. The van der Waals surface area contributed by atoms with E-state index < -0.39 is 10.8 Å². The molecule has 2 rings (SSSR count). The molecular weight excluding hydrogens is 257 g/mol. The number of aryl methyl sites for hydroxylation is 2. The minimum Gasteiger partial charge on any atom is -0.322 e. The maximum Gasteiger partial charge on any atom is 0.282 e. The topological polar surface area (TPSA) is 72.2 Å². The molecule has 0 heterocycles. The minimum atomic E-state index is -0.552. The van der Waals surface area contributed by atoms with Crippen molar-refractivity contribution < 1.29 is 9.72 Å². The van der Waals surface area contributed by atoms with Crippen LogP contribution in [0.5, 0.6) is 0 Å². The van der Waals surface area contributed by atoms with Crippen molar-refractivity contribution in [3.05, 3.63) is 69.3 Å². The highest BCUT2D eigenvalue weighted by Gasteiger charge is 2.20. The summed E-state index contributed by atoms with van der Waals surface area (Å²) in [6.45, 7) is 3.73. The first-order valence-corrected chi connectivity index (χ1v) is 6.10. The number of hydrogen-bond acceptors (Lipinski definition) is 3. The molecular formula is C15H14N2O3. The highest BCUT2D eigenvalue weighted by molar-refractivity contribution is 6.07. The van der Waals surface area contributed by atoms with Gasteiger partial charge >= 0.3 is 0 Å². The molecule has 0 bridgehead atoms. The van der Waals surface area contributed by atoms with Crippen LogP contribution in [0.2, 0.25) is 0 Å². The quantitative estimate of drug-likeness (QED) is 0.528. The summed E-state index contributed by atoms with van der Waals surface area (Å²) in [6.07, 6.45) is 0. The molecule has 2 aromatic rings. The molecule has 5 heteroatoms. The van der Waals surface area contributed by atoms with Gasteiger partial charge in [0.15, 0.2) is 0 Å². The molecule has 0 saturated carbocycles. The van der Waals surface area contributed by atoms with Crippen LogP contribution in [-0.4, -0.2) is 10.8 Å². The highest BCUT2D eigenvalue weighted by Crippen LogP contribution is 2.21. The molecule has 0 aliphatic heterocycles. The van der Waals surface area contributed by atoms with Crippen molar-refractivity contribution in [1.29, 1.82) is 0 Å². The molecule has 20 heavy (non-hydrogen) atoms. The molecule has 102 valence electrons. The maximum atomic E-state index is 12.2. The number of nitrogens with zero attached hydrogens (tertiary/aromatic N) is 1. The fourth-order valence-electron chi connectivity index (χ4n) is 1.83. The Hall–Kier alpha value is -2.69. The average Bonchev–Trinajstić information content (AvgIpc) is 2.41. The van der Waals surface area contributed by atoms with Crippen molar-refractivity contribution in [1.82, 2.24) is 0 Å². The SMILES string of the molecule is Cc1ccc(NC(=O)c2cc(C)ccc2[15N+](=O)[O-])cc1. The van der Waals surface area contributed by atoms with E-state index in [-0.39, 0.29) is 11.3 Å². The van der Waals surface area contributed by atoms with Gasteiger partial charge in [-0.25, -0.2) is 0 Å². The van der Waals surface area contributed by atoms with Gasteiger partial charge in [-0.05, 0) is 37.6 Å². The largest absolute Gasteiger partial charge is 0.322 e. The number of anilines is 1. The second-order valence-electron chi connectivity index (χ2n) is 4.60. The van der Waals surface area contributed by atoms with Gasteiger partial charge in [0.2, 0.25) is 0 Å². The number of rotatable bonds is 3. The Morgan fingerprint density at radius 3 is 2.25 bits per heavy atom. The van der Waals surface area contributed by atoms with Gasteiger partial charge in [0.05, 0.1) is 4.92 Å². The monoisotopic (exact) mass is 271 g/mol. The number of hydrogen-bond donors (Lipinski definition) is 1. The van der Waals surface area contributed by atoms with Crippen molar-refractivity contribution in [2.75, 3.05) is 5.32 Å². The van der Waals surface area contributed by atoms with Gasteiger partial charge < -0.3 is 5.32 Å². The number of carbonyl (C=O) groups is 1. The van der Waals surface area contributed by atoms with Crippen molar-refractivity contribution >= 4 is 17.3 Å². The lowest BCUT2D eigenvalue weighted by Gasteiger charge is -2.07. The van der Waals surface area contributed by atoms with E-state index in [2.05, 4.69) is 5.32 Å². The van der Waals surface area contributed by atoms with Gasteiger partial charge in [0, 0.05) is 11.8 Å². The zero-order chi connectivity index (χ0) is 14.7. The third kappa shape index (κ3) is 3.00. The Bertz CT molecular complexity index is 663. The fraction of sp³-hybridized carbons (Fsp3) is 0.133. The number of nitro benzene ring substituents is 1. The molecule has 1 N–H and O–H groups in total. The van der Waals surface area contributed by atoms with Crippen molar-refractivity contribution in [3.63, 3.8) is 0 Å². The molecule has 0 aliphatic rings. The summed E-state index contributed by atoms with van der Waals surface area (Å²) in [5.41, 5.74) is 2.35. The van der Waals surface area contributed by atoms with E-state index in [1.54, 1.807) is 25.1 Å². The number of benzene rings is 2. The third-order valence-corrected chi connectivity index (χ3v) is 2.90. The second kappa shape index (κ2) is 5.52. The zero-order valence-electron chi connectivity index (χ0n) is 11.2. The number of nitro groups is 1. The van der Waals surface area contributed by atoms with Crippen molar-refractivity contribution in [3.8, 4) is 0 Å². The molecule has 0 fully saturated rings. The van der Waals surface area contributed by atoms with Crippen LogP contribution in [0.4, 0.5) is 11.4 Å². The molecule has 0 aliphatic carbocycles. The Morgan fingerprint density at radius 2 is 1.65 bits per heavy atom. The van der Waals surface area contributed by atoms with Crippen molar-refractivity contribution in [2.45, 2.75) is 13.8 Å². The lowest BCUT2D eigenvalue weighted by atomic mass is 10.1. The smallest absolute Gasteiger partial charge is 0.282 e. The van der Waals surface area contributed by atoms with Crippen LogP contribution < -0.4 is 5.32 Å². The predicted octanol–water partition coefficient (Wildman–Crippen LogP) is 3.46. The van der Waals surface area contributed by atoms with Gasteiger partial charge in [-0.3, -0.25) is 14.9 Å². The van der Waals surface area contributed by atoms with Crippen LogP contribution >= 0.6 is 0 Å².